The van der Waals surface area contributed by atoms with E-state index in [0.29, 0.717) is 11.1 Å². The van der Waals surface area contributed by atoms with Crippen LogP contribution in [0.3, 0.4) is 0 Å². The molecule has 0 atom stereocenters. The second-order valence-corrected chi connectivity index (χ2v) is 12.9. The standard InChI is InChI=1S/C45H27N5O/c1-3-11-30(12-4-1)49-39-17-9-7-15-32(39)34-23-28(19-21-41(34)49)36-25-46-26-38-43-45(51-44(36)38)37(27-47-48-43)29-20-22-42-35(24-29)33-16-8-10-18-40(33)50(42)31-13-5-2-6-14-31/h1-27H. The highest BCUT2D eigenvalue weighted by Gasteiger charge is 2.21. The van der Waals surface area contributed by atoms with Gasteiger partial charge in [-0.25, -0.2) is 0 Å². The monoisotopic (exact) mass is 653 g/mol. The number of hydrogen-bond acceptors (Lipinski definition) is 4. The van der Waals surface area contributed by atoms with Crippen molar-refractivity contribution < 1.29 is 4.42 Å². The quantitative estimate of drug-likeness (QED) is 0.190. The molecule has 6 heteroatoms. The number of nitrogens with zero attached hydrogens (tertiary/aromatic N) is 5. The van der Waals surface area contributed by atoms with Crippen molar-refractivity contribution in [3.63, 3.8) is 0 Å². The van der Waals surface area contributed by atoms with E-state index in [1.54, 1.807) is 6.20 Å². The van der Waals surface area contributed by atoms with E-state index in [2.05, 4.69) is 164 Å². The fraction of sp³-hybridized carbons (Fsp3) is 0. The smallest absolute Gasteiger partial charge is 0.165 e. The van der Waals surface area contributed by atoms with Crippen molar-refractivity contribution in [1.82, 2.24) is 24.3 Å². The highest BCUT2D eigenvalue weighted by Crippen LogP contribution is 2.41. The Morgan fingerprint density at radius 3 is 1.51 bits per heavy atom. The molecule has 51 heavy (non-hydrogen) atoms. The zero-order chi connectivity index (χ0) is 33.5. The molecular formula is C45H27N5O. The molecule has 0 saturated heterocycles. The van der Waals surface area contributed by atoms with Crippen molar-refractivity contribution in [3.05, 3.63) is 164 Å². The predicted octanol–water partition coefficient (Wildman–Crippen LogP) is 11.3. The van der Waals surface area contributed by atoms with Crippen LogP contribution < -0.4 is 0 Å². The molecule has 0 amide bonds. The van der Waals surface area contributed by atoms with Gasteiger partial charge in [0.05, 0.1) is 33.6 Å². The Morgan fingerprint density at radius 1 is 0.412 bits per heavy atom. The molecule has 0 aliphatic carbocycles. The highest BCUT2D eigenvalue weighted by molar-refractivity contribution is 6.15. The number of rotatable bonds is 4. The zero-order valence-corrected chi connectivity index (χ0v) is 27.2. The Kier molecular flexibility index (Phi) is 5.86. The lowest BCUT2D eigenvalue weighted by Crippen LogP contribution is -1.93. The predicted molar refractivity (Wildman–Crippen MR) is 207 cm³/mol. The molecule has 0 N–H and O–H groups in total. The molecule has 0 bridgehead atoms. The molecule has 0 aliphatic rings. The molecule has 11 rings (SSSR count). The summed E-state index contributed by atoms with van der Waals surface area (Å²) in [6.07, 6.45) is 5.53. The Morgan fingerprint density at radius 2 is 0.922 bits per heavy atom. The third-order valence-corrected chi connectivity index (χ3v) is 10.2. The normalized spacial score (nSPS) is 11.9. The van der Waals surface area contributed by atoms with E-state index < -0.39 is 0 Å². The van der Waals surface area contributed by atoms with Crippen LogP contribution in [0.5, 0.6) is 0 Å². The van der Waals surface area contributed by atoms with Gasteiger partial charge >= 0.3 is 0 Å². The first kappa shape index (κ1) is 27.9. The minimum absolute atomic E-state index is 0.696. The maximum atomic E-state index is 6.82. The summed E-state index contributed by atoms with van der Waals surface area (Å²) in [5.41, 5.74) is 12.9. The summed E-state index contributed by atoms with van der Waals surface area (Å²) in [5, 5.41) is 14.6. The molecule has 5 heterocycles. The lowest BCUT2D eigenvalue weighted by Gasteiger charge is -2.08. The number of aromatic nitrogens is 5. The number of hydrogen-bond donors (Lipinski definition) is 0. The van der Waals surface area contributed by atoms with Gasteiger partial charge in [0.25, 0.3) is 0 Å². The largest absolute Gasteiger partial charge is 0.453 e. The third kappa shape index (κ3) is 4.07. The molecule has 238 valence electrons. The van der Waals surface area contributed by atoms with E-state index in [1.807, 2.05) is 18.5 Å². The van der Waals surface area contributed by atoms with Crippen LogP contribution in [0.2, 0.25) is 0 Å². The molecule has 11 aromatic rings. The van der Waals surface area contributed by atoms with Gasteiger partial charge in [0.2, 0.25) is 0 Å². The average molecular weight is 654 g/mol. The van der Waals surface area contributed by atoms with E-state index in [9.17, 15) is 0 Å². The Balaban J connectivity index is 1.10. The topological polar surface area (TPSA) is 61.7 Å². The van der Waals surface area contributed by atoms with Gasteiger partial charge in [0.15, 0.2) is 5.58 Å². The maximum Gasteiger partial charge on any atom is 0.165 e. The first-order valence-corrected chi connectivity index (χ1v) is 17.0. The SMILES string of the molecule is c1ccc(-n2c3ccccc3c3cc(-c4cncc5c4oc4c(-c6ccc7c(c6)c6ccccc6n7-c6ccccc6)cnnc45)ccc32)cc1. The third-order valence-electron chi connectivity index (χ3n) is 10.2. The lowest BCUT2D eigenvalue weighted by atomic mass is 10.0. The molecule has 0 radical (unpaired) electrons. The first-order valence-electron chi connectivity index (χ1n) is 17.0. The minimum Gasteiger partial charge on any atom is -0.453 e. The highest BCUT2D eigenvalue weighted by atomic mass is 16.3. The number of fused-ring (bicyclic) bond motifs is 9. The minimum atomic E-state index is 0.696. The van der Waals surface area contributed by atoms with E-state index >= 15 is 0 Å². The van der Waals surface area contributed by atoms with Crippen molar-refractivity contribution in [2.24, 2.45) is 0 Å². The summed E-state index contributed by atoms with van der Waals surface area (Å²) in [4.78, 5) is 4.68. The van der Waals surface area contributed by atoms with E-state index in [-0.39, 0.29) is 0 Å². The molecule has 0 fully saturated rings. The zero-order valence-electron chi connectivity index (χ0n) is 27.2. The molecule has 5 aromatic heterocycles. The van der Waals surface area contributed by atoms with E-state index in [4.69, 9.17) is 4.42 Å². The van der Waals surface area contributed by atoms with Crippen LogP contribution in [-0.4, -0.2) is 24.3 Å². The van der Waals surface area contributed by atoms with Gasteiger partial charge in [-0.15, -0.1) is 5.10 Å². The Bertz CT molecular complexity index is 2920. The van der Waals surface area contributed by atoms with Crippen LogP contribution in [0.25, 0.3) is 99.3 Å². The van der Waals surface area contributed by atoms with Gasteiger partial charge in [0, 0.05) is 56.4 Å². The Labute approximate surface area is 291 Å². The van der Waals surface area contributed by atoms with Crippen LogP contribution in [0.4, 0.5) is 0 Å². The molecule has 0 aliphatic heterocycles. The van der Waals surface area contributed by atoms with Crippen molar-refractivity contribution in [2.45, 2.75) is 0 Å². The van der Waals surface area contributed by atoms with E-state index in [1.165, 1.54) is 27.1 Å². The van der Waals surface area contributed by atoms with Gasteiger partial charge < -0.3 is 13.6 Å². The summed E-state index contributed by atoms with van der Waals surface area (Å²) in [7, 11) is 0. The average Bonchev–Trinajstić information content (AvgIpc) is 3.86. The maximum absolute atomic E-state index is 6.82. The summed E-state index contributed by atoms with van der Waals surface area (Å²) in [6, 6.07) is 51.3. The Hall–Kier alpha value is -7.05. The number of benzene rings is 6. The van der Waals surface area contributed by atoms with Crippen LogP contribution in [0, 0.1) is 0 Å². The van der Waals surface area contributed by atoms with Crippen molar-refractivity contribution in [1.29, 1.82) is 0 Å². The summed E-state index contributed by atoms with van der Waals surface area (Å²) >= 11 is 0. The van der Waals surface area contributed by atoms with Crippen LogP contribution in [-0.2, 0) is 0 Å². The second kappa shape index (κ2) is 10.7. The van der Waals surface area contributed by atoms with Gasteiger partial charge in [0.1, 0.15) is 11.1 Å². The van der Waals surface area contributed by atoms with Crippen molar-refractivity contribution in [3.8, 4) is 33.6 Å². The number of pyridine rings is 1. The molecule has 6 nitrogen and oxygen atoms in total. The van der Waals surface area contributed by atoms with Gasteiger partial charge in [-0.3, -0.25) is 4.98 Å². The van der Waals surface area contributed by atoms with Gasteiger partial charge in [-0.1, -0.05) is 84.9 Å². The molecule has 0 unspecified atom stereocenters. The lowest BCUT2D eigenvalue weighted by molar-refractivity contribution is 0.668. The summed E-state index contributed by atoms with van der Waals surface area (Å²) in [6.45, 7) is 0. The molecular weight excluding hydrogens is 627 g/mol. The van der Waals surface area contributed by atoms with Crippen LogP contribution in [0.1, 0.15) is 0 Å². The van der Waals surface area contributed by atoms with E-state index in [0.717, 1.165) is 61.1 Å². The van der Waals surface area contributed by atoms with Crippen molar-refractivity contribution >= 4 is 65.7 Å². The van der Waals surface area contributed by atoms with Gasteiger partial charge in [-0.2, -0.15) is 5.10 Å². The fourth-order valence-electron chi connectivity index (χ4n) is 7.89. The molecule has 0 spiro atoms. The number of furan rings is 1. The van der Waals surface area contributed by atoms with Crippen LogP contribution in [0.15, 0.2) is 169 Å². The molecule has 6 aromatic carbocycles. The second-order valence-electron chi connectivity index (χ2n) is 12.9. The summed E-state index contributed by atoms with van der Waals surface area (Å²) in [5.74, 6) is 0. The fourth-order valence-corrected chi connectivity index (χ4v) is 7.89. The molecule has 0 saturated carbocycles. The number of para-hydroxylation sites is 4. The van der Waals surface area contributed by atoms with Crippen LogP contribution >= 0.6 is 0 Å². The first-order chi connectivity index (χ1) is 25.3. The van der Waals surface area contributed by atoms with Crippen molar-refractivity contribution in [2.75, 3.05) is 0 Å². The van der Waals surface area contributed by atoms with Gasteiger partial charge in [-0.05, 0) is 71.8 Å². The summed E-state index contributed by atoms with van der Waals surface area (Å²) < 4.78 is 11.5.